The molecular weight excluding hydrogens is 340 g/mol. The molecule has 0 saturated carbocycles. The first-order valence-corrected chi connectivity index (χ1v) is 8.80. The Morgan fingerprint density at radius 2 is 1.56 bits per heavy atom. The van der Waals surface area contributed by atoms with Gasteiger partial charge in [0.05, 0.1) is 24.0 Å². The lowest BCUT2D eigenvalue weighted by atomic mass is 9.99. The van der Waals surface area contributed by atoms with Crippen molar-refractivity contribution in [3.63, 3.8) is 0 Å². The molecule has 0 aliphatic rings. The van der Waals surface area contributed by atoms with Crippen molar-refractivity contribution < 1.29 is 9.90 Å². The summed E-state index contributed by atoms with van der Waals surface area (Å²) in [6.45, 7) is 0.0571. The summed E-state index contributed by atoms with van der Waals surface area (Å²) in [5.41, 5.74) is 1.63. The van der Waals surface area contributed by atoms with E-state index < -0.39 is 5.97 Å². The van der Waals surface area contributed by atoms with Crippen molar-refractivity contribution in [3.05, 3.63) is 88.3 Å². The van der Waals surface area contributed by atoms with Gasteiger partial charge < -0.3 is 5.11 Å². The summed E-state index contributed by atoms with van der Waals surface area (Å²) in [7, 11) is 0. The topological polar surface area (TPSA) is 72.2 Å². The van der Waals surface area contributed by atoms with Crippen LogP contribution in [0.15, 0.2) is 71.5 Å². The van der Waals surface area contributed by atoms with Crippen molar-refractivity contribution in [2.45, 2.75) is 19.4 Å². The molecule has 1 N–H and O–H groups in total. The van der Waals surface area contributed by atoms with E-state index >= 15 is 0 Å². The zero-order chi connectivity index (χ0) is 18.8. The Morgan fingerprint density at radius 1 is 0.889 bits per heavy atom. The molecule has 0 saturated heterocycles. The van der Waals surface area contributed by atoms with Crippen molar-refractivity contribution in [1.82, 2.24) is 9.78 Å². The number of benzene rings is 3. The van der Waals surface area contributed by atoms with E-state index in [2.05, 4.69) is 29.4 Å². The normalized spacial score (nSPS) is 11.1. The number of aryl methyl sites for hydroxylation is 1. The van der Waals surface area contributed by atoms with Crippen molar-refractivity contribution in [3.8, 4) is 0 Å². The highest BCUT2D eigenvalue weighted by molar-refractivity contribution is 5.88. The molecule has 1 aromatic heterocycles. The molecule has 0 bridgehead atoms. The highest BCUT2D eigenvalue weighted by Gasteiger charge is 2.13. The SMILES string of the molecule is O=C(O)CCn1nc(Cc2cccc3ccccc23)c2ccccc2c1=O. The number of carbonyl (C=O) groups is 1. The number of aromatic nitrogens is 2. The Bertz CT molecular complexity index is 1210. The maximum absolute atomic E-state index is 12.7. The molecule has 5 heteroatoms. The molecule has 0 unspecified atom stereocenters. The van der Waals surface area contributed by atoms with Crippen LogP contribution in [-0.2, 0) is 17.8 Å². The fraction of sp³-hybridized carbons (Fsp3) is 0.136. The van der Waals surface area contributed by atoms with E-state index in [1.807, 2.05) is 36.4 Å². The summed E-state index contributed by atoms with van der Waals surface area (Å²) in [5.74, 6) is -0.951. The first-order valence-electron chi connectivity index (χ1n) is 8.80. The number of hydrogen-bond donors (Lipinski definition) is 1. The second-order valence-corrected chi connectivity index (χ2v) is 6.48. The summed E-state index contributed by atoms with van der Waals surface area (Å²) in [6, 6.07) is 21.7. The number of nitrogens with zero attached hydrogens (tertiary/aromatic N) is 2. The molecule has 0 aliphatic carbocycles. The van der Waals surface area contributed by atoms with Crippen LogP contribution < -0.4 is 5.56 Å². The van der Waals surface area contributed by atoms with Crippen LogP contribution in [0.4, 0.5) is 0 Å². The van der Waals surface area contributed by atoms with Crippen molar-refractivity contribution in [2.24, 2.45) is 0 Å². The molecule has 0 radical (unpaired) electrons. The molecular formula is C22H18N2O3. The van der Waals surface area contributed by atoms with Crippen LogP contribution in [0.3, 0.4) is 0 Å². The van der Waals surface area contributed by atoms with Gasteiger partial charge in [-0.05, 0) is 22.4 Å². The number of aliphatic carboxylic acids is 1. The lowest BCUT2D eigenvalue weighted by Crippen LogP contribution is -2.26. The third-order valence-corrected chi connectivity index (χ3v) is 4.72. The second-order valence-electron chi connectivity index (χ2n) is 6.48. The van der Waals surface area contributed by atoms with Gasteiger partial charge in [-0.25, -0.2) is 4.68 Å². The van der Waals surface area contributed by atoms with Gasteiger partial charge in [0, 0.05) is 11.8 Å². The van der Waals surface area contributed by atoms with E-state index in [1.165, 1.54) is 4.68 Å². The van der Waals surface area contributed by atoms with E-state index in [4.69, 9.17) is 5.11 Å². The van der Waals surface area contributed by atoms with Gasteiger partial charge in [-0.1, -0.05) is 60.7 Å². The van der Waals surface area contributed by atoms with Gasteiger partial charge in [0.15, 0.2) is 0 Å². The Kier molecular flexibility index (Phi) is 4.42. The molecule has 1 heterocycles. The lowest BCUT2D eigenvalue weighted by Gasteiger charge is -2.12. The fourth-order valence-corrected chi connectivity index (χ4v) is 3.42. The van der Waals surface area contributed by atoms with Crippen LogP contribution in [0.25, 0.3) is 21.5 Å². The highest BCUT2D eigenvalue weighted by atomic mass is 16.4. The van der Waals surface area contributed by atoms with Crippen molar-refractivity contribution in [2.75, 3.05) is 0 Å². The predicted molar refractivity (Wildman–Crippen MR) is 105 cm³/mol. The lowest BCUT2D eigenvalue weighted by molar-refractivity contribution is -0.137. The largest absolute Gasteiger partial charge is 0.481 e. The highest BCUT2D eigenvalue weighted by Crippen LogP contribution is 2.23. The Labute approximate surface area is 155 Å². The molecule has 0 fully saturated rings. The standard InChI is InChI=1S/C22H18N2O3/c25-21(26)12-13-24-22(27)19-11-4-3-10-18(19)20(23-24)14-16-8-5-7-15-6-1-2-9-17(15)16/h1-11H,12-14H2,(H,25,26). The van der Waals surface area contributed by atoms with Gasteiger partial charge >= 0.3 is 5.97 Å². The van der Waals surface area contributed by atoms with Crippen molar-refractivity contribution in [1.29, 1.82) is 0 Å². The number of rotatable bonds is 5. The number of carboxylic acid groups (broad SMARTS) is 1. The number of carboxylic acids is 1. The molecule has 0 aliphatic heterocycles. The van der Waals surface area contributed by atoms with Crippen LogP contribution >= 0.6 is 0 Å². The third-order valence-electron chi connectivity index (χ3n) is 4.72. The van der Waals surface area contributed by atoms with Gasteiger partial charge in [0.2, 0.25) is 0 Å². The van der Waals surface area contributed by atoms with Crippen molar-refractivity contribution >= 4 is 27.5 Å². The zero-order valence-electron chi connectivity index (χ0n) is 14.6. The van der Waals surface area contributed by atoms with Gasteiger partial charge in [-0.2, -0.15) is 5.10 Å². The molecule has 3 aromatic carbocycles. The molecule has 5 nitrogen and oxygen atoms in total. The van der Waals surface area contributed by atoms with E-state index in [1.54, 1.807) is 6.07 Å². The first kappa shape index (κ1) is 17.0. The average molecular weight is 358 g/mol. The third kappa shape index (κ3) is 3.31. The van der Waals surface area contributed by atoms with E-state index in [-0.39, 0.29) is 18.5 Å². The minimum absolute atomic E-state index is 0.0571. The molecule has 134 valence electrons. The minimum Gasteiger partial charge on any atom is -0.481 e. The van der Waals surface area contributed by atoms with E-state index in [0.717, 1.165) is 27.4 Å². The van der Waals surface area contributed by atoms with E-state index in [0.29, 0.717) is 11.8 Å². The summed E-state index contributed by atoms with van der Waals surface area (Å²) in [4.78, 5) is 23.6. The monoisotopic (exact) mass is 358 g/mol. The Morgan fingerprint density at radius 3 is 2.33 bits per heavy atom. The van der Waals surface area contributed by atoms with Crippen LogP contribution in [0.5, 0.6) is 0 Å². The molecule has 0 amide bonds. The summed E-state index contributed by atoms with van der Waals surface area (Å²) >= 11 is 0. The molecule has 4 aromatic rings. The van der Waals surface area contributed by atoms with Crippen LogP contribution in [0, 0.1) is 0 Å². The van der Waals surface area contributed by atoms with Crippen LogP contribution in [-0.4, -0.2) is 20.9 Å². The minimum atomic E-state index is -0.951. The first-order chi connectivity index (χ1) is 13.1. The summed E-state index contributed by atoms with van der Waals surface area (Å²) < 4.78 is 1.27. The maximum Gasteiger partial charge on any atom is 0.305 e. The Balaban J connectivity index is 1.86. The summed E-state index contributed by atoms with van der Waals surface area (Å²) in [6.07, 6.45) is 0.425. The number of hydrogen-bond acceptors (Lipinski definition) is 3. The van der Waals surface area contributed by atoms with E-state index in [9.17, 15) is 9.59 Å². The van der Waals surface area contributed by atoms with Crippen LogP contribution in [0.1, 0.15) is 17.7 Å². The smallest absolute Gasteiger partial charge is 0.305 e. The molecule has 0 atom stereocenters. The van der Waals surface area contributed by atoms with Gasteiger partial charge in [0.1, 0.15) is 0 Å². The Hall–Kier alpha value is -3.47. The van der Waals surface area contributed by atoms with Crippen LogP contribution in [0.2, 0.25) is 0 Å². The zero-order valence-corrected chi connectivity index (χ0v) is 14.6. The molecule has 4 rings (SSSR count). The maximum atomic E-state index is 12.7. The molecule has 0 spiro atoms. The predicted octanol–water partition coefficient (Wildman–Crippen LogP) is 3.62. The molecule has 27 heavy (non-hydrogen) atoms. The van der Waals surface area contributed by atoms with Gasteiger partial charge in [0.25, 0.3) is 5.56 Å². The van der Waals surface area contributed by atoms with Gasteiger partial charge in [-0.3, -0.25) is 9.59 Å². The quantitative estimate of drug-likeness (QED) is 0.591. The second kappa shape index (κ2) is 7.03. The number of fused-ring (bicyclic) bond motifs is 2. The fourth-order valence-electron chi connectivity index (χ4n) is 3.42. The van der Waals surface area contributed by atoms with Gasteiger partial charge in [-0.15, -0.1) is 0 Å². The summed E-state index contributed by atoms with van der Waals surface area (Å²) in [5, 5.41) is 17.1. The average Bonchev–Trinajstić information content (AvgIpc) is 2.69.